The lowest BCUT2D eigenvalue weighted by Crippen LogP contribution is -2.27. The van der Waals surface area contributed by atoms with Crippen molar-refractivity contribution < 1.29 is 4.42 Å². The number of piperidine rings is 1. The minimum absolute atomic E-state index is 0.0556. The summed E-state index contributed by atoms with van der Waals surface area (Å²) in [4.78, 5) is 0. The van der Waals surface area contributed by atoms with Crippen molar-refractivity contribution in [2.75, 3.05) is 6.54 Å². The Balaban J connectivity index is 2.12. The molecule has 0 aromatic carbocycles. The first-order chi connectivity index (χ1) is 7.07. The highest BCUT2D eigenvalue weighted by Gasteiger charge is 2.25. The first-order valence-corrected chi connectivity index (χ1v) is 5.64. The second-order valence-electron chi connectivity index (χ2n) is 5.20. The third kappa shape index (κ3) is 2.37. The summed E-state index contributed by atoms with van der Waals surface area (Å²) in [5.41, 5.74) is -0.0556. The van der Waals surface area contributed by atoms with Crippen LogP contribution in [0.3, 0.4) is 0 Å². The minimum Gasteiger partial charge on any atom is -0.423 e. The SMILES string of the molecule is CC(C)(C)c1nnc([C@@H]2CCCCN2)o1. The molecule has 0 unspecified atom stereocenters. The van der Waals surface area contributed by atoms with Gasteiger partial charge in [0.15, 0.2) is 0 Å². The van der Waals surface area contributed by atoms with Crippen molar-refractivity contribution in [1.29, 1.82) is 0 Å². The van der Waals surface area contributed by atoms with Gasteiger partial charge in [0.1, 0.15) is 0 Å². The molecule has 1 saturated heterocycles. The lowest BCUT2D eigenvalue weighted by molar-refractivity contribution is 0.308. The van der Waals surface area contributed by atoms with E-state index in [0.717, 1.165) is 24.7 Å². The van der Waals surface area contributed by atoms with Crippen molar-refractivity contribution in [2.45, 2.75) is 51.5 Å². The van der Waals surface area contributed by atoms with Gasteiger partial charge in [-0.3, -0.25) is 0 Å². The molecule has 2 rings (SSSR count). The van der Waals surface area contributed by atoms with Crippen molar-refractivity contribution in [3.63, 3.8) is 0 Å². The van der Waals surface area contributed by atoms with Crippen LogP contribution < -0.4 is 5.32 Å². The van der Waals surface area contributed by atoms with E-state index in [0.29, 0.717) is 0 Å². The Bertz CT molecular complexity index is 321. The monoisotopic (exact) mass is 209 g/mol. The van der Waals surface area contributed by atoms with Gasteiger partial charge in [-0.2, -0.15) is 0 Å². The number of hydrogen-bond donors (Lipinski definition) is 1. The van der Waals surface area contributed by atoms with Crippen LogP contribution in [0.4, 0.5) is 0 Å². The van der Waals surface area contributed by atoms with Crippen molar-refractivity contribution in [1.82, 2.24) is 15.5 Å². The van der Waals surface area contributed by atoms with Crippen molar-refractivity contribution >= 4 is 0 Å². The van der Waals surface area contributed by atoms with Crippen LogP contribution in [0.1, 0.15) is 57.9 Å². The van der Waals surface area contributed by atoms with Gasteiger partial charge in [0.05, 0.1) is 6.04 Å². The van der Waals surface area contributed by atoms with Gasteiger partial charge in [0.2, 0.25) is 11.8 Å². The third-order valence-electron chi connectivity index (χ3n) is 2.69. The molecule has 0 radical (unpaired) electrons. The van der Waals surface area contributed by atoms with Crippen molar-refractivity contribution in [2.24, 2.45) is 0 Å². The zero-order chi connectivity index (χ0) is 10.9. The molecule has 1 aromatic rings. The molecule has 1 aliphatic heterocycles. The van der Waals surface area contributed by atoms with E-state index in [1.807, 2.05) is 0 Å². The normalized spacial score (nSPS) is 23.0. The molecule has 1 atom stereocenters. The maximum Gasteiger partial charge on any atom is 0.233 e. The summed E-state index contributed by atoms with van der Waals surface area (Å²) in [7, 11) is 0. The maximum atomic E-state index is 5.70. The van der Waals surface area contributed by atoms with E-state index < -0.39 is 0 Å². The van der Waals surface area contributed by atoms with Gasteiger partial charge >= 0.3 is 0 Å². The lowest BCUT2D eigenvalue weighted by atomic mass is 9.97. The van der Waals surface area contributed by atoms with Crippen LogP contribution in [0.15, 0.2) is 4.42 Å². The van der Waals surface area contributed by atoms with E-state index in [-0.39, 0.29) is 11.5 Å². The van der Waals surface area contributed by atoms with Crippen LogP contribution in [0.25, 0.3) is 0 Å². The zero-order valence-electron chi connectivity index (χ0n) is 9.71. The number of aromatic nitrogens is 2. The number of rotatable bonds is 1. The van der Waals surface area contributed by atoms with Gasteiger partial charge in [-0.1, -0.05) is 27.2 Å². The number of nitrogens with one attached hydrogen (secondary N) is 1. The summed E-state index contributed by atoms with van der Waals surface area (Å²) in [5.74, 6) is 1.48. The summed E-state index contributed by atoms with van der Waals surface area (Å²) >= 11 is 0. The topological polar surface area (TPSA) is 51.0 Å². The Kier molecular flexibility index (Phi) is 2.78. The Labute approximate surface area is 90.5 Å². The van der Waals surface area contributed by atoms with Gasteiger partial charge in [-0.25, -0.2) is 0 Å². The predicted molar refractivity (Wildman–Crippen MR) is 57.6 cm³/mol. The number of hydrogen-bond acceptors (Lipinski definition) is 4. The second kappa shape index (κ2) is 3.93. The van der Waals surface area contributed by atoms with E-state index in [1.54, 1.807) is 0 Å². The van der Waals surface area contributed by atoms with E-state index in [2.05, 4.69) is 36.3 Å². The summed E-state index contributed by atoms with van der Waals surface area (Å²) in [6.07, 6.45) is 3.59. The minimum atomic E-state index is -0.0556. The van der Waals surface area contributed by atoms with Gasteiger partial charge in [0.25, 0.3) is 0 Å². The molecule has 2 heterocycles. The van der Waals surface area contributed by atoms with E-state index in [4.69, 9.17) is 4.42 Å². The average molecular weight is 209 g/mol. The Morgan fingerprint density at radius 3 is 2.60 bits per heavy atom. The summed E-state index contributed by atoms with van der Waals surface area (Å²) in [5, 5.41) is 11.6. The van der Waals surface area contributed by atoms with Crippen LogP contribution in [0, 0.1) is 0 Å². The highest BCUT2D eigenvalue weighted by Crippen LogP contribution is 2.26. The van der Waals surface area contributed by atoms with Crippen molar-refractivity contribution in [3.05, 3.63) is 11.8 Å². The molecular formula is C11H19N3O. The molecule has 4 nitrogen and oxygen atoms in total. The molecule has 84 valence electrons. The molecule has 0 spiro atoms. The fourth-order valence-electron chi connectivity index (χ4n) is 1.74. The average Bonchev–Trinajstić information content (AvgIpc) is 2.67. The Morgan fingerprint density at radius 1 is 1.27 bits per heavy atom. The van der Waals surface area contributed by atoms with Crippen LogP contribution in [-0.4, -0.2) is 16.7 Å². The van der Waals surface area contributed by atoms with Crippen molar-refractivity contribution in [3.8, 4) is 0 Å². The van der Waals surface area contributed by atoms with E-state index in [9.17, 15) is 0 Å². The molecule has 1 fully saturated rings. The Morgan fingerprint density at radius 2 is 2.07 bits per heavy atom. The quantitative estimate of drug-likeness (QED) is 0.770. The molecule has 0 bridgehead atoms. The summed E-state index contributed by atoms with van der Waals surface area (Å²) in [6.45, 7) is 7.30. The highest BCUT2D eigenvalue weighted by atomic mass is 16.4. The maximum absolute atomic E-state index is 5.70. The number of nitrogens with zero attached hydrogens (tertiary/aromatic N) is 2. The van der Waals surface area contributed by atoms with Crippen LogP contribution in [0.2, 0.25) is 0 Å². The molecule has 0 saturated carbocycles. The third-order valence-corrected chi connectivity index (χ3v) is 2.69. The van der Waals surface area contributed by atoms with Gasteiger partial charge in [-0.15, -0.1) is 10.2 Å². The second-order valence-corrected chi connectivity index (χ2v) is 5.20. The van der Waals surface area contributed by atoms with E-state index in [1.165, 1.54) is 12.8 Å². The molecule has 0 amide bonds. The van der Waals surface area contributed by atoms with Gasteiger partial charge in [0, 0.05) is 5.41 Å². The molecule has 1 aliphatic rings. The molecule has 1 N–H and O–H groups in total. The smallest absolute Gasteiger partial charge is 0.233 e. The Hall–Kier alpha value is -0.900. The van der Waals surface area contributed by atoms with Crippen LogP contribution in [-0.2, 0) is 5.41 Å². The highest BCUT2D eigenvalue weighted by molar-refractivity contribution is 4.99. The molecule has 15 heavy (non-hydrogen) atoms. The summed E-state index contributed by atoms with van der Waals surface area (Å²) in [6, 6.07) is 0.266. The lowest BCUT2D eigenvalue weighted by Gasteiger charge is -2.20. The molecule has 4 heteroatoms. The molecular weight excluding hydrogens is 190 g/mol. The first kappa shape index (κ1) is 10.6. The molecule has 0 aliphatic carbocycles. The van der Waals surface area contributed by atoms with Gasteiger partial charge < -0.3 is 9.73 Å². The van der Waals surface area contributed by atoms with Crippen LogP contribution in [0.5, 0.6) is 0 Å². The summed E-state index contributed by atoms with van der Waals surface area (Å²) < 4.78 is 5.70. The van der Waals surface area contributed by atoms with Gasteiger partial charge in [-0.05, 0) is 19.4 Å². The first-order valence-electron chi connectivity index (χ1n) is 5.64. The zero-order valence-corrected chi connectivity index (χ0v) is 9.71. The fraction of sp³-hybridized carbons (Fsp3) is 0.818. The fourth-order valence-corrected chi connectivity index (χ4v) is 1.74. The predicted octanol–water partition coefficient (Wildman–Crippen LogP) is 2.18. The van der Waals surface area contributed by atoms with Crippen LogP contribution >= 0.6 is 0 Å². The standard InChI is InChI=1S/C11H19N3O/c1-11(2,3)10-14-13-9(15-10)8-6-4-5-7-12-8/h8,12H,4-7H2,1-3H3/t8-/m0/s1. The largest absolute Gasteiger partial charge is 0.423 e. The molecule has 1 aromatic heterocycles. The van der Waals surface area contributed by atoms with E-state index >= 15 is 0 Å².